The van der Waals surface area contributed by atoms with Gasteiger partial charge in [-0.3, -0.25) is 4.79 Å². The van der Waals surface area contributed by atoms with Gasteiger partial charge in [0.2, 0.25) is 5.89 Å². The second kappa shape index (κ2) is 6.92. The van der Waals surface area contributed by atoms with E-state index in [4.69, 9.17) is 9.15 Å². The lowest BCUT2D eigenvalue weighted by atomic mass is 9.95. The lowest BCUT2D eigenvalue weighted by Crippen LogP contribution is -2.39. The number of para-hydroxylation sites is 2. The fraction of sp³-hybridized carbons (Fsp3) is 0.529. The topological polar surface area (TPSA) is 64.4 Å². The van der Waals surface area contributed by atoms with Crippen LogP contribution in [0.3, 0.4) is 0 Å². The Morgan fingerprint density at radius 3 is 2.95 bits per heavy atom. The third kappa shape index (κ3) is 3.30. The summed E-state index contributed by atoms with van der Waals surface area (Å²) in [6, 6.07) is 7.86. The number of carbonyl (C=O) groups excluding carboxylic acids is 1. The molecule has 1 fully saturated rings. The first-order valence-electron chi connectivity index (χ1n) is 7.93. The van der Waals surface area contributed by atoms with E-state index < -0.39 is 0 Å². The number of carbonyl (C=O) groups is 1. The summed E-state index contributed by atoms with van der Waals surface area (Å²) in [6.45, 7) is 0.535. The van der Waals surface area contributed by atoms with Crippen LogP contribution in [0.15, 0.2) is 28.7 Å². The molecule has 1 aromatic carbocycles. The summed E-state index contributed by atoms with van der Waals surface area (Å²) in [5.41, 5.74) is 1.66. The number of methoxy groups -OCH3 is 1. The third-order valence-electron chi connectivity index (χ3n) is 4.37. The Hall–Kier alpha value is -1.88. The Bertz CT molecular complexity index is 605. The molecule has 2 aromatic rings. The molecule has 1 saturated carbocycles. The normalized spacial score (nSPS) is 22.4. The van der Waals surface area contributed by atoms with E-state index >= 15 is 0 Å². The van der Waals surface area contributed by atoms with Crippen molar-refractivity contribution in [3.63, 3.8) is 0 Å². The second-order valence-electron chi connectivity index (χ2n) is 5.83. The number of benzene rings is 1. The molecule has 0 saturated heterocycles. The number of hydrogen-bond acceptors (Lipinski definition) is 5. The molecule has 2 unspecified atom stereocenters. The largest absolute Gasteiger partial charge is 0.469 e. The highest BCUT2D eigenvalue weighted by atomic mass is 16.5. The van der Waals surface area contributed by atoms with Crippen LogP contribution in [-0.4, -0.2) is 24.1 Å². The Kier molecular flexibility index (Phi) is 4.73. The van der Waals surface area contributed by atoms with Gasteiger partial charge in [-0.1, -0.05) is 31.4 Å². The average molecular weight is 302 g/mol. The third-order valence-corrected chi connectivity index (χ3v) is 4.37. The van der Waals surface area contributed by atoms with Crippen molar-refractivity contribution in [2.75, 3.05) is 7.11 Å². The molecule has 0 spiro atoms. The number of nitrogens with one attached hydrogen (secondary N) is 1. The summed E-state index contributed by atoms with van der Waals surface area (Å²) in [5.74, 6) is 0.475. The second-order valence-corrected chi connectivity index (χ2v) is 5.83. The zero-order valence-electron chi connectivity index (χ0n) is 12.9. The van der Waals surface area contributed by atoms with Crippen LogP contribution in [0.1, 0.15) is 38.0 Å². The summed E-state index contributed by atoms with van der Waals surface area (Å²) in [7, 11) is 1.46. The molecule has 0 radical (unpaired) electrons. The van der Waals surface area contributed by atoms with Gasteiger partial charge in [0.05, 0.1) is 19.6 Å². The van der Waals surface area contributed by atoms with Gasteiger partial charge in [-0.15, -0.1) is 0 Å². The number of fused-ring (bicyclic) bond motifs is 1. The highest BCUT2D eigenvalue weighted by Crippen LogP contribution is 2.25. The van der Waals surface area contributed by atoms with Gasteiger partial charge >= 0.3 is 5.97 Å². The Balaban J connectivity index is 1.68. The zero-order valence-corrected chi connectivity index (χ0v) is 12.9. The van der Waals surface area contributed by atoms with Crippen molar-refractivity contribution >= 4 is 17.1 Å². The molecule has 1 heterocycles. The van der Waals surface area contributed by atoms with Gasteiger partial charge in [0.15, 0.2) is 5.58 Å². The summed E-state index contributed by atoms with van der Waals surface area (Å²) in [4.78, 5) is 16.4. The minimum Gasteiger partial charge on any atom is -0.469 e. The number of nitrogens with zero attached hydrogens (tertiary/aromatic N) is 1. The van der Waals surface area contributed by atoms with Crippen LogP contribution in [0.5, 0.6) is 0 Å². The summed E-state index contributed by atoms with van der Waals surface area (Å²) in [5, 5.41) is 3.45. The Morgan fingerprint density at radius 1 is 1.32 bits per heavy atom. The summed E-state index contributed by atoms with van der Waals surface area (Å²) in [6.07, 6.45) is 5.27. The monoisotopic (exact) mass is 302 g/mol. The van der Waals surface area contributed by atoms with Crippen LogP contribution in [0, 0.1) is 5.92 Å². The first-order chi connectivity index (χ1) is 10.8. The predicted molar refractivity (Wildman–Crippen MR) is 83.2 cm³/mol. The van der Waals surface area contributed by atoms with E-state index in [0.29, 0.717) is 12.4 Å². The zero-order chi connectivity index (χ0) is 15.4. The first kappa shape index (κ1) is 15.0. The van der Waals surface area contributed by atoms with Crippen molar-refractivity contribution in [3.8, 4) is 0 Å². The molecule has 0 amide bonds. The molecule has 5 heteroatoms. The predicted octanol–water partition coefficient (Wildman–Crippen LogP) is 3.04. The van der Waals surface area contributed by atoms with Crippen LogP contribution in [0.4, 0.5) is 0 Å². The Labute approximate surface area is 130 Å². The SMILES string of the molecule is COC(=O)C1CCCCCC1NCc1nc2ccccc2o1. The number of ether oxygens (including phenoxy) is 1. The minimum absolute atomic E-state index is 0.0723. The lowest BCUT2D eigenvalue weighted by Gasteiger charge is -2.23. The van der Waals surface area contributed by atoms with E-state index in [1.54, 1.807) is 0 Å². The van der Waals surface area contributed by atoms with E-state index in [-0.39, 0.29) is 17.9 Å². The molecule has 3 rings (SSSR count). The van der Waals surface area contributed by atoms with E-state index in [0.717, 1.165) is 36.8 Å². The van der Waals surface area contributed by atoms with Gasteiger partial charge in [-0.25, -0.2) is 4.98 Å². The number of aromatic nitrogens is 1. The molecular formula is C17H22N2O3. The van der Waals surface area contributed by atoms with E-state index in [1.807, 2.05) is 24.3 Å². The molecule has 1 aliphatic carbocycles. The van der Waals surface area contributed by atoms with Crippen molar-refractivity contribution in [1.29, 1.82) is 0 Å². The van der Waals surface area contributed by atoms with E-state index in [1.165, 1.54) is 13.5 Å². The van der Waals surface area contributed by atoms with Crippen LogP contribution in [-0.2, 0) is 16.1 Å². The van der Waals surface area contributed by atoms with E-state index in [2.05, 4.69) is 10.3 Å². The number of rotatable bonds is 4. The van der Waals surface area contributed by atoms with Gasteiger partial charge in [0.25, 0.3) is 0 Å². The molecule has 1 aromatic heterocycles. The number of oxazole rings is 1. The van der Waals surface area contributed by atoms with Gasteiger partial charge < -0.3 is 14.5 Å². The van der Waals surface area contributed by atoms with E-state index in [9.17, 15) is 4.79 Å². The van der Waals surface area contributed by atoms with Gasteiger partial charge in [-0.2, -0.15) is 0 Å². The van der Waals surface area contributed by atoms with Crippen LogP contribution in [0.2, 0.25) is 0 Å². The minimum atomic E-state index is -0.114. The van der Waals surface area contributed by atoms with Gasteiger partial charge in [0, 0.05) is 6.04 Å². The molecule has 1 aliphatic rings. The van der Waals surface area contributed by atoms with Crippen molar-refractivity contribution in [2.24, 2.45) is 5.92 Å². The van der Waals surface area contributed by atoms with Crippen LogP contribution in [0.25, 0.3) is 11.1 Å². The molecule has 118 valence electrons. The average Bonchev–Trinajstić information content (AvgIpc) is 2.82. The fourth-order valence-corrected chi connectivity index (χ4v) is 3.20. The van der Waals surface area contributed by atoms with Gasteiger partial charge in [0.1, 0.15) is 5.52 Å². The molecule has 1 N–H and O–H groups in total. The highest BCUT2D eigenvalue weighted by Gasteiger charge is 2.30. The molecule has 22 heavy (non-hydrogen) atoms. The Morgan fingerprint density at radius 2 is 2.14 bits per heavy atom. The molecule has 0 aliphatic heterocycles. The maximum Gasteiger partial charge on any atom is 0.310 e. The summed E-state index contributed by atoms with van der Waals surface area (Å²) >= 11 is 0. The van der Waals surface area contributed by atoms with Gasteiger partial charge in [-0.05, 0) is 25.0 Å². The standard InChI is InChI=1S/C17H22N2O3/c1-21-17(20)12-7-3-2-4-8-13(12)18-11-16-19-14-9-5-6-10-15(14)22-16/h5-6,9-10,12-13,18H,2-4,7-8,11H2,1H3. The van der Waals surface area contributed by atoms with Crippen molar-refractivity contribution in [2.45, 2.75) is 44.7 Å². The number of esters is 1. The quantitative estimate of drug-likeness (QED) is 0.694. The molecular weight excluding hydrogens is 280 g/mol. The smallest absolute Gasteiger partial charge is 0.310 e. The van der Waals surface area contributed by atoms with Crippen LogP contribution >= 0.6 is 0 Å². The molecule has 0 bridgehead atoms. The van der Waals surface area contributed by atoms with Crippen molar-refractivity contribution in [3.05, 3.63) is 30.2 Å². The summed E-state index contributed by atoms with van der Waals surface area (Å²) < 4.78 is 10.7. The molecule has 2 atom stereocenters. The highest BCUT2D eigenvalue weighted by molar-refractivity contribution is 5.73. The fourth-order valence-electron chi connectivity index (χ4n) is 3.20. The van der Waals surface area contributed by atoms with Crippen molar-refractivity contribution in [1.82, 2.24) is 10.3 Å². The maximum absolute atomic E-state index is 12.0. The number of hydrogen-bond donors (Lipinski definition) is 1. The lowest BCUT2D eigenvalue weighted by molar-refractivity contribution is -0.146. The van der Waals surface area contributed by atoms with Crippen LogP contribution < -0.4 is 5.32 Å². The maximum atomic E-state index is 12.0. The molecule has 5 nitrogen and oxygen atoms in total. The first-order valence-corrected chi connectivity index (χ1v) is 7.93. The van der Waals surface area contributed by atoms with Crippen molar-refractivity contribution < 1.29 is 13.9 Å².